The lowest BCUT2D eigenvalue weighted by Crippen LogP contribution is -2.26. The lowest BCUT2D eigenvalue weighted by Gasteiger charge is -2.19. The quantitative estimate of drug-likeness (QED) is 0.776. The number of carbonyl (C=O) groups is 1. The molecular formula is C18H29N3O. The van der Waals surface area contributed by atoms with Crippen LogP contribution in [0.1, 0.15) is 43.0 Å². The molecule has 22 heavy (non-hydrogen) atoms. The van der Waals surface area contributed by atoms with Gasteiger partial charge in [0.15, 0.2) is 0 Å². The lowest BCUT2D eigenvalue weighted by atomic mass is 10.1. The summed E-state index contributed by atoms with van der Waals surface area (Å²) in [7, 11) is 2.10. The van der Waals surface area contributed by atoms with E-state index in [0.717, 1.165) is 44.1 Å². The molecule has 2 N–H and O–H groups in total. The van der Waals surface area contributed by atoms with Gasteiger partial charge in [0.25, 0.3) is 5.91 Å². The van der Waals surface area contributed by atoms with Crippen LogP contribution in [-0.2, 0) is 0 Å². The molecule has 1 amide bonds. The molecule has 1 saturated heterocycles. The van der Waals surface area contributed by atoms with E-state index in [9.17, 15) is 4.79 Å². The van der Waals surface area contributed by atoms with E-state index in [1.54, 1.807) is 0 Å². The fourth-order valence-corrected chi connectivity index (χ4v) is 2.84. The molecule has 4 heteroatoms. The number of anilines is 1. The molecule has 0 aliphatic carbocycles. The second kappa shape index (κ2) is 8.79. The maximum absolute atomic E-state index is 12.1. The smallest absolute Gasteiger partial charge is 0.251 e. The Bertz CT molecular complexity index is 452. The van der Waals surface area contributed by atoms with Gasteiger partial charge in [-0.05, 0) is 62.5 Å². The summed E-state index contributed by atoms with van der Waals surface area (Å²) in [6.07, 6.45) is 4.68. The van der Waals surface area contributed by atoms with Gasteiger partial charge in [0, 0.05) is 31.4 Å². The molecule has 0 saturated carbocycles. The van der Waals surface area contributed by atoms with Crippen LogP contribution in [0, 0.1) is 5.92 Å². The van der Waals surface area contributed by atoms with Crippen molar-refractivity contribution in [3.05, 3.63) is 29.8 Å². The lowest BCUT2D eigenvalue weighted by molar-refractivity contribution is 0.0951. The predicted octanol–water partition coefficient (Wildman–Crippen LogP) is 2.65. The first-order chi connectivity index (χ1) is 10.7. The van der Waals surface area contributed by atoms with Crippen LogP contribution in [0.5, 0.6) is 0 Å². The van der Waals surface area contributed by atoms with Crippen molar-refractivity contribution < 1.29 is 4.79 Å². The van der Waals surface area contributed by atoms with Crippen molar-refractivity contribution in [1.82, 2.24) is 10.6 Å². The minimum atomic E-state index is 0.0358. The van der Waals surface area contributed by atoms with Gasteiger partial charge in [0.2, 0.25) is 0 Å². The molecule has 1 aliphatic rings. The van der Waals surface area contributed by atoms with Gasteiger partial charge in [0.1, 0.15) is 0 Å². The van der Waals surface area contributed by atoms with E-state index in [2.05, 4.69) is 29.5 Å². The number of rotatable bonds is 8. The fraction of sp³-hybridized carbons (Fsp3) is 0.611. The summed E-state index contributed by atoms with van der Waals surface area (Å²) in [5.74, 6) is 0.753. The number of hydrogen-bond donors (Lipinski definition) is 2. The molecule has 0 spiro atoms. The van der Waals surface area contributed by atoms with Crippen LogP contribution in [0.3, 0.4) is 0 Å². The molecule has 1 fully saturated rings. The monoisotopic (exact) mass is 303 g/mol. The van der Waals surface area contributed by atoms with Crippen LogP contribution >= 0.6 is 0 Å². The molecule has 0 aromatic heterocycles. The third-order valence-corrected chi connectivity index (χ3v) is 4.42. The average Bonchev–Trinajstić information content (AvgIpc) is 3.06. The predicted molar refractivity (Wildman–Crippen MR) is 92.5 cm³/mol. The molecule has 1 aromatic rings. The second-order valence-electron chi connectivity index (χ2n) is 6.23. The van der Waals surface area contributed by atoms with E-state index in [-0.39, 0.29) is 5.91 Å². The van der Waals surface area contributed by atoms with Crippen LogP contribution in [0.25, 0.3) is 0 Å². The van der Waals surface area contributed by atoms with E-state index in [1.165, 1.54) is 24.9 Å². The molecular weight excluding hydrogens is 274 g/mol. The highest BCUT2D eigenvalue weighted by atomic mass is 16.1. The molecule has 0 radical (unpaired) electrons. The van der Waals surface area contributed by atoms with Crippen molar-refractivity contribution in [3.63, 3.8) is 0 Å². The summed E-state index contributed by atoms with van der Waals surface area (Å²) in [6.45, 7) is 6.23. The zero-order chi connectivity index (χ0) is 15.8. The third-order valence-electron chi connectivity index (χ3n) is 4.42. The maximum Gasteiger partial charge on any atom is 0.251 e. The number of nitrogens with zero attached hydrogens (tertiary/aromatic N) is 1. The normalized spacial score (nSPS) is 17.5. The van der Waals surface area contributed by atoms with E-state index >= 15 is 0 Å². The minimum Gasteiger partial charge on any atom is -0.375 e. The zero-order valence-electron chi connectivity index (χ0n) is 13.9. The van der Waals surface area contributed by atoms with Gasteiger partial charge in [-0.3, -0.25) is 4.79 Å². The molecule has 1 aromatic carbocycles. The Hall–Kier alpha value is -1.55. The van der Waals surface area contributed by atoms with E-state index in [0.29, 0.717) is 0 Å². The Morgan fingerprint density at radius 2 is 2.14 bits per heavy atom. The van der Waals surface area contributed by atoms with Crippen LogP contribution < -0.4 is 15.5 Å². The highest BCUT2D eigenvalue weighted by molar-refractivity contribution is 5.94. The van der Waals surface area contributed by atoms with Gasteiger partial charge in [0.05, 0.1) is 0 Å². The molecule has 0 bridgehead atoms. The first-order valence-corrected chi connectivity index (χ1v) is 8.51. The molecule has 1 unspecified atom stereocenters. The molecule has 1 heterocycles. The molecule has 1 atom stereocenters. The third kappa shape index (κ3) is 5.02. The fourth-order valence-electron chi connectivity index (χ4n) is 2.84. The summed E-state index contributed by atoms with van der Waals surface area (Å²) in [6, 6.07) is 7.91. The maximum atomic E-state index is 12.1. The molecule has 122 valence electrons. The Kier molecular flexibility index (Phi) is 6.72. The Morgan fingerprint density at radius 1 is 1.36 bits per heavy atom. The first-order valence-electron chi connectivity index (χ1n) is 8.51. The highest BCUT2D eigenvalue weighted by Gasteiger charge is 2.14. The van der Waals surface area contributed by atoms with Crippen LogP contribution in [0.15, 0.2) is 24.3 Å². The van der Waals surface area contributed by atoms with Gasteiger partial charge in [-0.2, -0.15) is 0 Å². The highest BCUT2D eigenvalue weighted by Crippen LogP contribution is 2.15. The molecule has 2 rings (SSSR count). The number of benzene rings is 1. The van der Waals surface area contributed by atoms with Gasteiger partial charge in [-0.25, -0.2) is 0 Å². The first kappa shape index (κ1) is 16.8. The van der Waals surface area contributed by atoms with Gasteiger partial charge in [-0.15, -0.1) is 0 Å². The number of nitrogens with one attached hydrogen (secondary N) is 2. The number of hydrogen-bond acceptors (Lipinski definition) is 3. The summed E-state index contributed by atoms with van der Waals surface area (Å²) >= 11 is 0. The Balaban J connectivity index is 1.77. The zero-order valence-corrected chi connectivity index (χ0v) is 13.9. The van der Waals surface area contributed by atoms with Crippen molar-refractivity contribution in [2.45, 2.75) is 32.6 Å². The minimum absolute atomic E-state index is 0.0358. The van der Waals surface area contributed by atoms with E-state index in [4.69, 9.17) is 0 Å². The van der Waals surface area contributed by atoms with Crippen molar-refractivity contribution >= 4 is 11.6 Å². The molecule has 1 aliphatic heterocycles. The van der Waals surface area contributed by atoms with Crippen molar-refractivity contribution in [2.24, 2.45) is 5.92 Å². The standard InChI is InChI=1S/C18H29N3O/c1-3-4-13-21(2)17-7-5-16(6-8-17)18(22)20-12-10-15-9-11-19-14-15/h5-8,15,19H,3-4,9-14H2,1-2H3,(H,20,22). The summed E-state index contributed by atoms with van der Waals surface area (Å²) < 4.78 is 0. The Morgan fingerprint density at radius 3 is 2.77 bits per heavy atom. The second-order valence-corrected chi connectivity index (χ2v) is 6.23. The van der Waals surface area contributed by atoms with Crippen LogP contribution in [0.4, 0.5) is 5.69 Å². The van der Waals surface area contributed by atoms with Gasteiger partial charge < -0.3 is 15.5 Å². The van der Waals surface area contributed by atoms with Crippen molar-refractivity contribution in [3.8, 4) is 0 Å². The van der Waals surface area contributed by atoms with Crippen molar-refractivity contribution in [2.75, 3.05) is 38.1 Å². The Labute approximate surface area is 134 Å². The molecule has 4 nitrogen and oxygen atoms in total. The SMILES string of the molecule is CCCCN(C)c1ccc(C(=O)NCCC2CCNC2)cc1. The number of carbonyl (C=O) groups excluding carboxylic acids is 1. The summed E-state index contributed by atoms with van der Waals surface area (Å²) in [5.41, 5.74) is 1.92. The van der Waals surface area contributed by atoms with Crippen LogP contribution in [0.2, 0.25) is 0 Å². The summed E-state index contributed by atoms with van der Waals surface area (Å²) in [5, 5.41) is 6.38. The van der Waals surface area contributed by atoms with Crippen molar-refractivity contribution in [1.29, 1.82) is 0 Å². The summed E-state index contributed by atoms with van der Waals surface area (Å²) in [4.78, 5) is 14.4. The van der Waals surface area contributed by atoms with Gasteiger partial charge >= 0.3 is 0 Å². The van der Waals surface area contributed by atoms with E-state index < -0.39 is 0 Å². The van der Waals surface area contributed by atoms with Crippen LogP contribution in [-0.4, -0.2) is 39.1 Å². The largest absolute Gasteiger partial charge is 0.375 e. The number of amides is 1. The average molecular weight is 303 g/mol. The van der Waals surface area contributed by atoms with E-state index in [1.807, 2.05) is 24.3 Å². The number of unbranched alkanes of at least 4 members (excludes halogenated alkanes) is 1. The van der Waals surface area contributed by atoms with Gasteiger partial charge in [-0.1, -0.05) is 13.3 Å². The topological polar surface area (TPSA) is 44.4 Å².